The number of nitrogens with zero attached hydrogens (tertiary/aromatic N) is 2. The van der Waals surface area contributed by atoms with Crippen LogP contribution in [0.1, 0.15) is 5.56 Å². The molecule has 5 nitrogen and oxygen atoms in total. The zero-order valence-corrected chi connectivity index (χ0v) is 12.1. The van der Waals surface area contributed by atoms with Crippen LogP contribution in [0.15, 0.2) is 48.5 Å². The summed E-state index contributed by atoms with van der Waals surface area (Å²) in [5.41, 5.74) is 10.0. The van der Waals surface area contributed by atoms with Gasteiger partial charge in [-0.1, -0.05) is 35.9 Å². The molecular weight excluding hydrogens is 274 g/mol. The molecule has 0 radical (unpaired) electrons. The number of benzene rings is 2. The highest BCUT2D eigenvalue weighted by Crippen LogP contribution is 2.32. The normalized spacial score (nSPS) is 11.1. The first-order valence-electron chi connectivity index (χ1n) is 7.08. The van der Waals surface area contributed by atoms with Crippen LogP contribution in [0.3, 0.4) is 0 Å². The van der Waals surface area contributed by atoms with E-state index in [9.17, 15) is 0 Å². The number of aryl methyl sites for hydroxylation is 1. The molecule has 0 saturated carbocycles. The molecule has 0 spiro atoms. The van der Waals surface area contributed by atoms with Crippen molar-refractivity contribution in [2.75, 3.05) is 11.1 Å². The van der Waals surface area contributed by atoms with Gasteiger partial charge in [-0.3, -0.25) is 5.10 Å². The van der Waals surface area contributed by atoms with Gasteiger partial charge in [0, 0.05) is 11.1 Å². The van der Waals surface area contributed by atoms with E-state index in [-0.39, 0.29) is 0 Å². The minimum absolute atomic E-state index is 0.447. The van der Waals surface area contributed by atoms with Crippen LogP contribution in [0.4, 0.5) is 17.3 Å². The maximum Gasteiger partial charge on any atom is 0.156 e. The average molecular weight is 289 g/mol. The number of fused-ring (bicyclic) bond motifs is 3. The van der Waals surface area contributed by atoms with E-state index in [0.29, 0.717) is 11.6 Å². The zero-order chi connectivity index (χ0) is 15.1. The van der Waals surface area contributed by atoms with E-state index in [1.54, 1.807) is 0 Å². The summed E-state index contributed by atoms with van der Waals surface area (Å²) >= 11 is 0. The number of aromatic amines is 1. The topological polar surface area (TPSA) is 79.6 Å². The highest BCUT2D eigenvalue weighted by Gasteiger charge is 2.13. The number of rotatable bonds is 2. The third-order valence-electron chi connectivity index (χ3n) is 3.75. The molecule has 0 amide bonds. The van der Waals surface area contributed by atoms with Gasteiger partial charge in [-0.25, -0.2) is 4.98 Å². The number of H-pyrrole nitrogens is 1. The monoisotopic (exact) mass is 289 g/mol. The molecule has 22 heavy (non-hydrogen) atoms. The number of hydrogen-bond donors (Lipinski definition) is 3. The summed E-state index contributed by atoms with van der Waals surface area (Å²) in [5.74, 6) is 1.16. The van der Waals surface area contributed by atoms with Crippen molar-refractivity contribution >= 4 is 39.1 Å². The van der Waals surface area contributed by atoms with Crippen LogP contribution in [0.25, 0.3) is 21.8 Å². The fourth-order valence-electron chi connectivity index (χ4n) is 2.61. The summed E-state index contributed by atoms with van der Waals surface area (Å²) in [6.45, 7) is 2.06. The van der Waals surface area contributed by atoms with Crippen molar-refractivity contribution in [2.24, 2.45) is 0 Å². The summed E-state index contributed by atoms with van der Waals surface area (Å²) in [6.07, 6.45) is 0. The number of hydrogen-bond acceptors (Lipinski definition) is 4. The van der Waals surface area contributed by atoms with Crippen LogP contribution in [0.5, 0.6) is 0 Å². The van der Waals surface area contributed by atoms with Crippen molar-refractivity contribution in [3.63, 3.8) is 0 Å². The minimum atomic E-state index is 0.447. The van der Waals surface area contributed by atoms with E-state index in [1.807, 2.05) is 36.4 Å². The highest BCUT2D eigenvalue weighted by atomic mass is 15.2. The van der Waals surface area contributed by atoms with Gasteiger partial charge in [0.2, 0.25) is 0 Å². The molecule has 0 aliphatic heterocycles. The Bertz CT molecular complexity index is 970. The van der Waals surface area contributed by atoms with E-state index >= 15 is 0 Å². The molecule has 5 heteroatoms. The third kappa shape index (κ3) is 1.95. The Kier molecular flexibility index (Phi) is 2.72. The van der Waals surface area contributed by atoms with E-state index in [1.165, 1.54) is 5.56 Å². The summed E-state index contributed by atoms with van der Waals surface area (Å²) in [5, 5.41) is 12.3. The van der Waals surface area contributed by atoms with Crippen molar-refractivity contribution in [1.29, 1.82) is 0 Å². The highest BCUT2D eigenvalue weighted by molar-refractivity contribution is 6.12. The molecule has 0 unspecified atom stereocenters. The maximum absolute atomic E-state index is 6.02. The van der Waals surface area contributed by atoms with Gasteiger partial charge in [-0.05, 0) is 25.1 Å². The smallest absolute Gasteiger partial charge is 0.156 e. The summed E-state index contributed by atoms with van der Waals surface area (Å²) in [7, 11) is 0. The Balaban J connectivity index is 1.94. The lowest BCUT2D eigenvalue weighted by Crippen LogP contribution is -1.97. The first-order valence-corrected chi connectivity index (χ1v) is 7.08. The Morgan fingerprint density at radius 3 is 2.64 bits per heavy atom. The average Bonchev–Trinajstić information content (AvgIpc) is 2.92. The van der Waals surface area contributed by atoms with Gasteiger partial charge in [0.1, 0.15) is 5.82 Å². The number of nitrogens with one attached hydrogen (secondary N) is 2. The molecule has 0 saturated heterocycles. The van der Waals surface area contributed by atoms with E-state index < -0.39 is 0 Å². The number of pyridine rings is 1. The fourth-order valence-corrected chi connectivity index (χ4v) is 2.61. The number of aromatic nitrogens is 3. The second kappa shape index (κ2) is 4.73. The van der Waals surface area contributed by atoms with Gasteiger partial charge >= 0.3 is 0 Å². The van der Waals surface area contributed by atoms with Crippen molar-refractivity contribution in [1.82, 2.24) is 15.2 Å². The second-order valence-electron chi connectivity index (χ2n) is 5.33. The zero-order valence-electron chi connectivity index (χ0n) is 12.1. The first-order chi connectivity index (χ1) is 10.7. The van der Waals surface area contributed by atoms with Gasteiger partial charge < -0.3 is 11.1 Å². The molecule has 4 aromatic rings. The Morgan fingerprint density at radius 2 is 1.82 bits per heavy atom. The molecule has 108 valence electrons. The lowest BCUT2D eigenvalue weighted by Gasteiger charge is -2.09. The van der Waals surface area contributed by atoms with Gasteiger partial charge in [-0.15, -0.1) is 0 Å². The predicted octanol–water partition coefficient (Wildman–Crippen LogP) is 3.75. The largest absolute Gasteiger partial charge is 0.382 e. The molecule has 0 atom stereocenters. The molecule has 4 N–H and O–H groups in total. The van der Waals surface area contributed by atoms with Crippen LogP contribution >= 0.6 is 0 Å². The predicted molar refractivity (Wildman–Crippen MR) is 90.3 cm³/mol. The SMILES string of the molecule is Cc1ccc(Nc2nc3ccccc3c3[nH]nc(N)c23)cc1. The quantitative estimate of drug-likeness (QED) is 0.525. The molecule has 2 heterocycles. The number of nitrogen functional groups attached to an aromatic ring is 1. The maximum atomic E-state index is 6.02. The van der Waals surface area contributed by atoms with Crippen LogP contribution in [0, 0.1) is 6.92 Å². The summed E-state index contributed by atoms with van der Waals surface area (Å²) in [6, 6.07) is 16.1. The molecule has 0 aliphatic rings. The Morgan fingerprint density at radius 1 is 1.05 bits per heavy atom. The number of para-hydroxylation sites is 1. The molecule has 2 aromatic heterocycles. The Hall–Kier alpha value is -3.08. The van der Waals surface area contributed by atoms with Crippen LogP contribution < -0.4 is 11.1 Å². The first kappa shape index (κ1) is 12.6. The molecular formula is C17H15N5. The fraction of sp³-hybridized carbons (Fsp3) is 0.0588. The standard InChI is InChI=1S/C17H15N5/c1-10-6-8-11(9-7-10)19-17-14-15(21-22-16(14)18)12-4-2-3-5-13(12)20-17/h2-9H,1H3,(H,19,20)(H3,18,21,22). The molecule has 0 fully saturated rings. The van der Waals surface area contributed by atoms with Crippen molar-refractivity contribution in [2.45, 2.75) is 6.92 Å². The lowest BCUT2D eigenvalue weighted by molar-refractivity contribution is 1.13. The van der Waals surface area contributed by atoms with Gasteiger partial charge in [0.05, 0.1) is 16.4 Å². The molecule has 0 aliphatic carbocycles. The van der Waals surface area contributed by atoms with Gasteiger partial charge in [-0.2, -0.15) is 5.10 Å². The summed E-state index contributed by atoms with van der Waals surface area (Å²) < 4.78 is 0. The van der Waals surface area contributed by atoms with Crippen molar-refractivity contribution in [3.05, 3.63) is 54.1 Å². The van der Waals surface area contributed by atoms with Crippen LogP contribution in [-0.4, -0.2) is 15.2 Å². The minimum Gasteiger partial charge on any atom is -0.382 e. The number of nitrogens with two attached hydrogens (primary N) is 1. The lowest BCUT2D eigenvalue weighted by atomic mass is 10.1. The summed E-state index contributed by atoms with van der Waals surface area (Å²) in [4.78, 5) is 4.70. The molecule has 2 aromatic carbocycles. The number of anilines is 3. The van der Waals surface area contributed by atoms with E-state index in [2.05, 4.69) is 34.6 Å². The second-order valence-corrected chi connectivity index (χ2v) is 5.33. The van der Waals surface area contributed by atoms with Crippen LogP contribution in [-0.2, 0) is 0 Å². The van der Waals surface area contributed by atoms with Gasteiger partial charge in [0.15, 0.2) is 5.82 Å². The molecule has 0 bridgehead atoms. The van der Waals surface area contributed by atoms with Gasteiger partial charge in [0.25, 0.3) is 0 Å². The Labute approximate surface area is 127 Å². The van der Waals surface area contributed by atoms with E-state index in [4.69, 9.17) is 10.7 Å². The molecule has 4 rings (SSSR count). The van der Waals surface area contributed by atoms with Crippen molar-refractivity contribution < 1.29 is 0 Å². The van der Waals surface area contributed by atoms with Crippen LogP contribution in [0.2, 0.25) is 0 Å². The van der Waals surface area contributed by atoms with Crippen molar-refractivity contribution in [3.8, 4) is 0 Å². The third-order valence-corrected chi connectivity index (χ3v) is 3.75. The van der Waals surface area contributed by atoms with E-state index in [0.717, 1.165) is 27.5 Å².